The second-order valence-corrected chi connectivity index (χ2v) is 10.5. The maximum Gasteiger partial charge on any atom is 0.534 e. The fourth-order valence-corrected chi connectivity index (χ4v) is 3.99. The number of hydrogen-bond acceptors (Lipinski definition) is 4. The highest BCUT2D eigenvalue weighted by molar-refractivity contribution is 7.88. The van der Waals surface area contributed by atoms with Crippen molar-refractivity contribution in [2.24, 2.45) is 0 Å². The van der Waals surface area contributed by atoms with Crippen molar-refractivity contribution >= 4 is 10.1 Å². The summed E-state index contributed by atoms with van der Waals surface area (Å²) in [6.45, 7) is 11.4. The minimum atomic E-state index is -5.80. The standard InChI is InChI=1S/C19H23F3O4S/c1-17(2,3)10-9-11(18(4,5)6)16(26-27(23,24)19(20,21)22)15-13-8-7-12(25-13)14(10)15/h7-9,12-13H,1-6H3. The Kier molecular flexibility index (Phi) is 4.29. The Bertz CT molecular complexity index is 916. The average molecular weight is 404 g/mol. The van der Waals surface area contributed by atoms with Gasteiger partial charge in [0.1, 0.15) is 12.2 Å². The molecule has 0 amide bonds. The monoisotopic (exact) mass is 404 g/mol. The number of alkyl halides is 3. The number of benzene rings is 1. The molecule has 2 atom stereocenters. The van der Waals surface area contributed by atoms with Gasteiger partial charge in [0, 0.05) is 11.1 Å². The SMILES string of the molecule is CC(C)(C)c1cc(C(C)(C)C)c2c(c1OS(=O)(=O)C(F)(F)F)C1C=CC2O1. The van der Waals surface area contributed by atoms with Crippen LogP contribution in [0.1, 0.15) is 76.0 Å². The van der Waals surface area contributed by atoms with E-state index in [0.29, 0.717) is 16.7 Å². The summed E-state index contributed by atoms with van der Waals surface area (Å²) in [6, 6.07) is 1.76. The normalized spacial score (nSPS) is 22.3. The number of fused-ring (bicyclic) bond motifs is 5. The third kappa shape index (κ3) is 3.27. The van der Waals surface area contributed by atoms with Gasteiger partial charge < -0.3 is 8.92 Å². The quantitative estimate of drug-likeness (QED) is 0.387. The molecule has 0 aromatic heterocycles. The maximum absolute atomic E-state index is 13.0. The summed E-state index contributed by atoms with van der Waals surface area (Å²) >= 11 is 0. The first-order valence-electron chi connectivity index (χ1n) is 8.60. The Labute approximate surface area is 157 Å². The fourth-order valence-electron chi connectivity index (χ4n) is 3.49. The van der Waals surface area contributed by atoms with Gasteiger partial charge in [-0.15, -0.1) is 0 Å². The lowest BCUT2D eigenvalue weighted by Gasteiger charge is -2.31. The van der Waals surface area contributed by atoms with Gasteiger partial charge in [-0.3, -0.25) is 0 Å². The van der Waals surface area contributed by atoms with Gasteiger partial charge in [0.05, 0.1) is 0 Å². The lowest BCUT2D eigenvalue weighted by molar-refractivity contribution is -0.0501. The van der Waals surface area contributed by atoms with Crippen LogP contribution in [0.15, 0.2) is 18.2 Å². The predicted molar refractivity (Wildman–Crippen MR) is 95.2 cm³/mol. The van der Waals surface area contributed by atoms with Gasteiger partial charge in [-0.1, -0.05) is 59.8 Å². The molecule has 0 saturated carbocycles. The largest absolute Gasteiger partial charge is 0.534 e. The van der Waals surface area contributed by atoms with Crippen molar-refractivity contribution in [2.75, 3.05) is 0 Å². The molecule has 1 aromatic carbocycles. The molecule has 1 aromatic rings. The first-order chi connectivity index (χ1) is 12.0. The van der Waals surface area contributed by atoms with E-state index < -0.39 is 33.2 Å². The Balaban J connectivity index is 2.34. The first-order valence-corrected chi connectivity index (χ1v) is 10.0. The molecule has 0 saturated heterocycles. The number of rotatable bonds is 2. The van der Waals surface area contributed by atoms with Crippen LogP contribution in [-0.2, 0) is 25.7 Å². The van der Waals surface area contributed by atoms with E-state index in [2.05, 4.69) is 0 Å². The Hall–Kier alpha value is -1.54. The molecule has 2 heterocycles. The second-order valence-electron chi connectivity index (χ2n) is 8.97. The molecule has 0 spiro atoms. The van der Waals surface area contributed by atoms with Crippen LogP contribution >= 0.6 is 0 Å². The van der Waals surface area contributed by atoms with Gasteiger partial charge in [0.15, 0.2) is 5.75 Å². The van der Waals surface area contributed by atoms with Crippen LogP contribution in [0.2, 0.25) is 0 Å². The predicted octanol–water partition coefficient (Wildman–Crippen LogP) is 5.19. The van der Waals surface area contributed by atoms with Crippen molar-refractivity contribution in [3.63, 3.8) is 0 Å². The van der Waals surface area contributed by atoms with Crippen LogP contribution in [0.4, 0.5) is 13.2 Å². The van der Waals surface area contributed by atoms with E-state index in [4.69, 9.17) is 8.92 Å². The number of hydrogen-bond donors (Lipinski definition) is 0. The molecule has 3 rings (SSSR count). The zero-order valence-corrected chi connectivity index (χ0v) is 16.9. The summed E-state index contributed by atoms with van der Waals surface area (Å²) in [5, 5.41) is 0. The van der Waals surface area contributed by atoms with E-state index in [9.17, 15) is 21.6 Å². The van der Waals surface area contributed by atoms with Crippen molar-refractivity contribution in [3.8, 4) is 5.75 Å². The van der Waals surface area contributed by atoms with Crippen molar-refractivity contribution in [3.05, 3.63) is 40.5 Å². The molecule has 0 N–H and O–H groups in total. The minimum absolute atomic E-state index is 0.264. The highest BCUT2D eigenvalue weighted by Gasteiger charge is 2.51. The van der Waals surface area contributed by atoms with Gasteiger partial charge in [-0.2, -0.15) is 21.6 Å². The van der Waals surface area contributed by atoms with Gasteiger partial charge in [-0.05, 0) is 22.0 Å². The topological polar surface area (TPSA) is 52.6 Å². The third-order valence-corrected chi connectivity index (χ3v) is 5.73. The summed E-state index contributed by atoms with van der Waals surface area (Å²) in [4.78, 5) is 0. The first kappa shape index (κ1) is 20.2. The molecule has 4 nitrogen and oxygen atoms in total. The summed E-state index contributed by atoms with van der Waals surface area (Å²) in [5.74, 6) is -0.264. The van der Waals surface area contributed by atoms with Gasteiger partial charge in [-0.25, -0.2) is 0 Å². The van der Waals surface area contributed by atoms with Gasteiger partial charge in [0.2, 0.25) is 0 Å². The summed E-state index contributed by atoms with van der Waals surface area (Å²) in [7, 11) is -5.80. The Morgan fingerprint density at radius 1 is 0.889 bits per heavy atom. The summed E-state index contributed by atoms with van der Waals surface area (Å²) < 4.78 is 73.1. The molecule has 150 valence electrons. The molecule has 8 heteroatoms. The molecule has 0 radical (unpaired) electrons. The maximum atomic E-state index is 13.0. The Morgan fingerprint density at radius 2 is 1.37 bits per heavy atom. The summed E-state index contributed by atoms with van der Waals surface area (Å²) in [6.07, 6.45) is 2.52. The molecule has 27 heavy (non-hydrogen) atoms. The van der Waals surface area contributed by atoms with Crippen molar-refractivity contribution in [2.45, 2.75) is 70.1 Å². The van der Waals surface area contributed by atoms with Crippen LogP contribution in [0.5, 0.6) is 5.75 Å². The second kappa shape index (κ2) is 5.73. The van der Waals surface area contributed by atoms with E-state index >= 15 is 0 Å². The zero-order chi connectivity index (χ0) is 20.6. The molecule has 0 aliphatic carbocycles. The van der Waals surface area contributed by atoms with E-state index in [1.807, 2.05) is 26.8 Å². The lowest BCUT2D eigenvalue weighted by Crippen LogP contribution is -2.30. The lowest BCUT2D eigenvalue weighted by atomic mass is 9.74. The van der Waals surface area contributed by atoms with E-state index in [-0.39, 0.29) is 11.2 Å². The van der Waals surface area contributed by atoms with Crippen LogP contribution in [0.3, 0.4) is 0 Å². The molecule has 2 aliphatic heterocycles. The molecule has 2 aliphatic rings. The molecular formula is C19H23F3O4S. The van der Waals surface area contributed by atoms with Gasteiger partial charge in [0.25, 0.3) is 0 Å². The van der Waals surface area contributed by atoms with Crippen LogP contribution in [0, 0.1) is 0 Å². The minimum Gasteiger partial charge on any atom is -0.375 e. The Morgan fingerprint density at radius 3 is 1.81 bits per heavy atom. The van der Waals surface area contributed by atoms with E-state index in [0.717, 1.165) is 5.56 Å². The van der Waals surface area contributed by atoms with Crippen LogP contribution in [0.25, 0.3) is 0 Å². The van der Waals surface area contributed by atoms with Crippen molar-refractivity contribution in [1.82, 2.24) is 0 Å². The molecule has 2 unspecified atom stereocenters. The summed E-state index contributed by atoms with van der Waals surface area (Å²) in [5.41, 5.74) is -4.06. The fraction of sp³-hybridized carbons (Fsp3) is 0.579. The average Bonchev–Trinajstić information content (AvgIpc) is 3.04. The molecule has 0 fully saturated rings. The van der Waals surface area contributed by atoms with Crippen molar-refractivity contribution in [1.29, 1.82) is 0 Å². The van der Waals surface area contributed by atoms with Gasteiger partial charge >= 0.3 is 15.6 Å². The highest BCUT2D eigenvalue weighted by atomic mass is 32.2. The molecular weight excluding hydrogens is 381 g/mol. The van der Waals surface area contributed by atoms with Crippen LogP contribution < -0.4 is 4.18 Å². The zero-order valence-electron chi connectivity index (χ0n) is 16.1. The number of ether oxygens (including phenoxy) is 1. The smallest absolute Gasteiger partial charge is 0.375 e. The third-order valence-electron chi connectivity index (χ3n) is 4.77. The highest BCUT2D eigenvalue weighted by Crippen LogP contribution is 2.56. The van der Waals surface area contributed by atoms with E-state index in [1.54, 1.807) is 32.9 Å². The van der Waals surface area contributed by atoms with Crippen molar-refractivity contribution < 1.29 is 30.5 Å². The van der Waals surface area contributed by atoms with E-state index in [1.165, 1.54) is 0 Å². The van der Waals surface area contributed by atoms with Crippen LogP contribution in [-0.4, -0.2) is 13.9 Å². The number of halogens is 3. The molecule has 2 bridgehead atoms.